The first kappa shape index (κ1) is 25.1. The van der Waals surface area contributed by atoms with Crippen molar-refractivity contribution >= 4 is 24.0 Å². The number of fused-ring (bicyclic) bond motifs is 1. The summed E-state index contributed by atoms with van der Waals surface area (Å²) in [5.41, 5.74) is 1.62. The van der Waals surface area contributed by atoms with Crippen molar-refractivity contribution < 1.29 is 33.7 Å². The van der Waals surface area contributed by atoms with E-state index in [-0.39, 0.29) is 19.9 Å². The topological polar surface area (TPSA) is 118 Å². The molecule has 3 amide bonds. The Hall–Kier alpha value is -4.05. The quantitative estimate of drug-likeness (QED) is 0.562. The van der Waals surface area contributed by atoms with Crippen molar-refractivity contribution in [2.45, 2.75) is 19.1 Å². The SMILES string of the molecule is O=C(C=Cc1ccc2c(c1)OCO2)NC(CO)C(=O)N1CCCN(C(=O)OCc2ccccc2)CC1. The number of carbonyl (C=O) groups excluding carboxylic acids is 3. The van der Waals surface area contributed by atoms with Crippen molar-refractivity contribution in [2.24, 2.45) is 0 Å². The van der Waals surface area contributed by atoms with Crippen LogP contribution in [0.2, 0.25) is 0 Å². The molecule has 0 radical (unpaired) electrons. The van der Waals surface area contributed by atoms with Gasteiger partial charge in [-0.15, -0.1) is 0 Å². The summed E-state index contributed by atoms with van der Waals surface area (Å²) >= 11 is 0. The average molecular weight is 496 g/mol. The maximum atomic E-state index is 13.0. The first-order chi connectivity index (χ1) is 17.5. The first-order valence-corrected chi connectivity index (χ1v) is 11.8. The summed E-state index contributed by atoms with van der Waals surface area (Å²) in [6.07, 6.45) is 3.00. The van der Waals surface area contributed by atoms with Gasteiger partial charge in [0.2, 0.25) is 18.6 Å². The predicted molar refractivity (Wildman–Crippen MR) is 130 cm³/mol. The second-order valence-corrected chi connectivity index (χ2v) is 8.40. The molecule has 2 N–H and O–H groups in total. The minimum atomic E-state index is -1.09. The number of carbonyl (C=O) groups is 3. The molecule has 10 nitrogen and oxygen atoms in total. The van der Waals surface area contributed by atoms with Crippen LogP contribution in [0.15, 0.2) is 54.6 Å². The zero-order valence-electron chi connectivity index (χ0n) is 19.8. The lowest BCUT2D eigenvalue weighted by Gasteiger charge is -2.25. The van der Waals surface area contributed by atoms with Crippen LogP contribution in [0.3, 0.4) is 0 Å². The van der Waals surface area contributed by atoms with E-state index in [9.17, 15) is 19.5 Å². The Morgan fingerprint density at radius 3 is 2.56 bits per heavy atom. The van der Waals surface area contributed by atoms with E-state index in [2.05, 4.69) is 5.32 Å². The fraction of sp³-hybridized carbons (Fsp3) is 0.346. The largest absolute Gasteiger partial charge is 0.454 e. The van der Waals surface area contributed by atoms with Crippen LogP contribution in [-0.4, -0.2) is 78.4 Å². The summed E-state index contributed by atoms with van der Waals surface area (Å²) in [6, 6.07) is 13.6. The molecule has 0 aliphatic carbocycles. The summed E-state index contributed by atoms with van der Waals surface area (Å²) in [5, 5.41) is 12.3. The van der Waals surface area contributed by atoms with Gasteiger partial charge >= 0.3 is 6.09 Å². The van der Waals surface area contributed by atoms with E-state index in [1.807, 2.05) is 30.3 Å². The van der Waals surface area contributed by atoms with Gasteiger partial charge in [0.1, 0.15) is 12.6 Å². The van der Waals surface area contributed by atoms with E-state index in [0.29, 0.717) is 37.6 Å². The van der Waals surface area contributed by atoms with Gasteiger partial charge in [0.15, 0.2) is 11.5 Å². The van der Waals surface area contributed by atoms with Crippen LogP contribution in [0.4, 0.5) is 4.79 Å². The third-order valence-electron chi connectivity index (χ3n) is 5.89. The van der Waals surface area contributed by atoms with Crippen molar-refractivity contribution in [1.82, 2.24) is 15.1 Å². The van der Waals surface area contributed by atoms with Crippen LogP contribution in [0.25, 0.3) is 6.08 Å². The van der Waals surface area contributed by atoms with Crippen molar-refractivity contribution in [2.75, 3.05) is 39.6 Å². The fourth-order valence-electron chi connectivity index (χ4n) is 3.95. The lowest BCUT2D eigenvalue weighted by Crippen LogP contribution is -2.51. The van der Waals surface area contributed by atoms with Gasteiger partial charge in [0.25, 0.3) is 0 Å². The standard InChI is InChI=1S/C26H29N3O7/c30-16-21(27-24(31)10-8-19-7-9-22-23(15-19)36-18-35-22)25(32)28-11-4-12-29(14-13-28)26(33)34-17-20-5-2-1-3-6-20/h1-3,5-10,15,21,30H,4,11-14,16-18H2,(H,27,31). The molecule has 2 aromatic rings. The van der Waals surface area contributed by atoms with Gasteiger partial charge in [-0.1, -0.05) is 36.4 Å². The maximum absolute atomic E-state index is 13.0. The van der Waals surface area contributed by atoms with Gasteiger partial charge in [-0.05, 0) is 35.8 Å². The molecule has 2 heterocycles. The lowest BCUT2D eigenvalue weighted by molar-refractivity contribution is -0.136. The van der Waals surface area contributed by atoms with E-state index in [0.717, 1.165) is 11.1 Å². The predicted octanol–water partition coefficient (Wildman–Crippen LogP) is 1.78. The highest BCUT2D eigenvalue weighted by molar-refractivity contribution is 5.95. The monoisotopic (exact) mass is 495 g/mol. The number of benzene rings is 2. The van der Waals surface area contributed by atoms with Gasteiger partial charge in [-0.25, -0.2) is 4.79 Å². The smallest absolute Gasteiger partial charge is 0.410 e. The molecule has 1 fully saturated rings. The van der Waals surface area contributed by atoms with Gasteiger partial charge in [0, 0.05) is 32.3 Å². The van der Waals surface area contributed by atoms with E-state index in [1.165, 1.54) is 6.08 Å². The molecule has 1 atom stereocenters. The fourth-order valence-corrected chi connectivity index (χ4v) is 3.95. The molecule has 1 saturated heterocycles. The molecule has 0 bridgehead atoms. The molecule has 1 unspecified atom stereocenters. The number of amides is 3. The molecular weight excluding hydrogens is 466 g/mol. The highest BCUT2D eigenvalue weighted by atomic mass is 16.7. The summed E-state index contributed by atoms with van der Waals surface area (Å²) < 4.78 is 16.0. The zero-order chi connectivity index (χ0) is 25.3. The van der Waals surface area contributed by atoms with Crippen LogP contribution in [0.1, 0.15) is 17.5 Å². The highest BCUT2D eigenvalue weighted by Gasteiger charge is 2.28. The Bertz CT molecular complexity index is 1110. The normalized spacial score (nSPS) is 15.9. The molecule has 2 aromatic carbocycles. The van der Waals surface area contributed by atoms with Gasteiger partial charge in [-0.3, -0.25) is 9.59 Å². The summed E-state index contributed by atoms with van der Waals surface area (Å²) in [5.74, 6) is 0.325. The molecule has 0 saturated carbocycles. The third-order valence-corrected chi connectivity index (χ3v) is 5.89. The highest BCUT2D eigenvalue weighted by Crippen LogP contribution is 2.32. The maximum Gasteiger partial charge on any atom is 0.410 e. The van der Waals surface area contributed by atoms with E-state index >= 15 is 0 Å². The van der Waals surface area contributed by atoms with E-state index in [1.54, 1.807) is 34.1 Å². The Labute approximate surface area is 209 Å². The van der Waals surface area contributed by atoms with Crippen molar-refractivity contribution in [3.05, 3.63) is 65.7 Å². The Balaban J connectivity index is 1.26. The van der Waals surface area contributed by atoms with Gasteiger partial charge in [0.05, 0.1) is 6.61 Å². The van der Waals surface area contributed by atoms with Crippen LogP contribution in [0, 0.1) is 0 Å². The molecule has 0 spiro atoms. The minimum absolute atomic E-state index is 0.159. The van der Waals surface area contributed by atoms with Gasteiger partial charge in [-0.2, -0.15) is 0 Å². The number of ether oxygens (including phenoxy) is 3. The molecule has 0 aromatic heterocycles. The van der Waals surface area contributed by atoms with Crippen LogP contribution >= 0.6 is 0 Å². The van der Waals surface area contributed by atoms with Gasteiger partial charge < -0.3 is 34.4 Å². The number of rotatable bonds is 7. The van der Waals surface area contributed by atoms with E-state index in [4.69, 9.17) is 14.2 Å². The Kier molecular flexibility index (Phi) is 8.40. The molecule has 190 valence electrons. The summed E-state index contributed by atoms with van der Waals surface area (Å²) in [6.45, 7) is 1.23. The first-order valence-electron chi connectivity index (χ1n) is 11.8. The molecule has 10 heteroatoms. The van der Waals surface area contributed by atoms with E-state index < -0.39 is 30.6 Å². The number of nitrogens with zero attached hydrogens (tertiary/aromatic N) is 2. The number of hydrogen-bond acceptors (Lipinski definition) is 7. The third kappa shape index (κ3) is 6.54. The van der Waals surface area contributed by atoms with Crippen molar-refractivity contribution in [3.63, 3.8) is 0 Å². The number of hydrogen-bond donors (Lipinski definition) is 2. The average Bonchev–Trinajstić information content (AvgIpc) is 3.23. The molecule has 2 aliphatic rings. The molecular formula is C26H29N3O7. The van der Waals surface area contributed by atoms with Crippen LogP contribution in [-0.2, 0) is 20.9 Å². The van der Waals surface area contributed by atoms with Crippen molar-refractivity contribution in [1.29, 1.82) is 0 Å². The van der Waals surface area contributed by atoms with Crippen molar-refractivity contribution in [3.8, 4) is 11.5 Å². The summed E-state index contributed by atoms with van der Waals surface area (Å²) in [7, 11) is 0. The number of nitrogens with one attached hydrogen (secondary N) is 1. The number of aliphatic hydroxyl groups is 1. The minimum Gasteiger partial charge on any atom is -0.454 e. The second-order valence-electron chi connectivity index (χ2n) is 8.40. The Morgan fingerprint density at radius 1 is 1.00 bits per heavy atom. The lowest BCUT2D eigenvalue weighted by atomic mass is 10.2. The molecule has 36 heavy (non-hydrogen) atoms. The second kappa shape index (κ2) is 12.1. The summed E-state index contributed by atoms with van der Waals surface area (Å²) in [4.78, 5) is 41.0. The molecule has 4 rings (SSSR count). The van der Waals surface area contributed by atoms with Crippen LogP contribution in [0.5, 0.6) is 11.5 Å². The van der Waals surface area contributed by atoms with Crippen LogP contribution < -0.4 is 14.8 Å². The Morgan fingerprint density at radius 2 is 1.75 bits per heavy atom. The molecule has 2 aliphatic heterocycles. The zero-order valence-corrected chi connectivity index (χ0v) is 19.8. The number of aliphatic hydroxyl groups excluding tert-OH is 1.